The topological polar surface area (TPSA) is 54.0 Å². The fourth-order valence-electron chi connectivity index (χ4n) is 1.47. The van der Waals surface area contributed by atoms with Crippen molar-refractivity contribution in [1.29, 1.82) is 0 Å². The van der Waals surface area contributed by atoms with Crippen molar-refractivity contribution in [1.82, 2.24) is 4.98 Å². The summed E-state index contributed by atoms with van der Waals surface area (Å²) in [4.78, 5) is 15.3. The number of aryl methyl sites for hydroxylation is 1. The van der Waals surface area contributed by atoms with E-state index >= 15 is 0 Å². The van der Waals surface area contributed by atoms with Gasteiger partial charge in [-0.05, 0) is 24.6 Å². The summed E-state index contributed by atoms with van der Waals surface area (Å²) >= 11 is 0. The zero-order valence-electron chi connectivity index (χ0n) is 9.77. The van der Waals surface area contributed by atoms with Gasteiger partial charge in [0.1, 0.15) is 0 Å². The smallest absolute Gasteiger partial charge is 0.307 e. The largest absolute Gasteiger partial charge is 0.323 e. The number of hydrogen-bond donors (Lipinski definition) is 2. The number of para-hydroxylation sites is 1. The molecule has 2 rings (SSSR count). The Morgan fingerprint density at radius 1 is 1.17 bits per heavy atom. The van der Waals surface area contributed by atoms with Crippen LogP contribution in [0.5, 0.6) is 0 Å². The standard InChI is InChI=1S/C13H12FN3O/c1-9-4-2-3-5-11(9)16-13(18)17-12-6-7-15-8-10(12)14/h2-8H,1H3,(H2,15,16,17,18). The number of aromatic nitrogens is 1. The van der Waals surface area contributed by atoms with Crippen LogP contribution in [-0.2, 0) is 0 Å². The first-order chi connectivity index (χ1) is 8.66. The molecular formula is C13H12FN3O. The molecule has 0 aliphatic heterocycles. The highest BCUT2D eigenvalue weighted by Gasteiger charge is 2.07. The number of nitrogens with one attached hydrogen (secondary N) is 2. The van der Waals surface area contributed by atoms with Gasteiger partial charge in [0, 0.05) is 11.9 Å². The summed E-state index contributed by atoms with van der Waals surface area (Å²) in [5.41, 5.74) is 1.71. The minimum absolute atomic E-state index is 0.0936. The lowest BCUT2D eigenvalue weighted by molar-refractivity contribution is 0.262. The van der Waals surface area contributed by atoms with E-state index in [0.29, 0.717) is 5.69 Å². The predicted octanol–water partition coefficient (Wildman–Crippen LogP) is 3.17. The number of hydrogen-bond acceptors (Lipinski definition) is 2. The monoisotopic (exact) mass is 245 g/mol. The lowest BCUT2D eigenvalue weighted by Gasteiger charge is -2.09. The molecule has 1 heterocycles. The first-order valence-electron chi connectivity index (χ1n) is 5.40. The number of amides is 2. The molecule has 0 fully saturated rings. The van der Waals surface area contributed by atoms with E-state index < -0.39 is 11.8 Å². The number of carbonyl (C=O) groups excluding carboxylic acids is 1. The lowest BCUT2D eigenvalue weighted by Crippen LogP contribution is -2.20. The van der Waals surface area contributed by atoms with E-state index in [9.17, 15) is 9.18 Å². The Balaban J connectivity index is 2.06. The van der Waals surface area contributed by atoms with E-state index in [1.165, 1.54) is 12.3 Å². The number of rotatable bonds is 2. The lowest BCUT2D eigenvalue weighted by atomic mass is 10.2. The van der Waals surface area contributed by atoms with Crippen molar-refractivity contribution in [2.24, 2.45) is 0 Å². The molecule has 2 aromatic rings. The molecule has 5 heteroatoms. The Kier molecular flexibility index (Phi) is 3.52. The summed E-state index contributed by atoms with van der Waals surface area (Å²) in [6.45, 7) is 1.88. The minimum atomic E-state index is -0.572. The van der Waals surface area contributed by atoms with Crippen LogP contribution in [0.1, 0.15) is 5.56 Å². The summed E-state index contributed by atoms with van der Waals surface area (Å²) in [6.07, 6.45) is 2.45. The van der Waals surface area contributed by atoms with Gasteiger partial charge in [-0.1, -0.05) is 18.2 Å². The van der Waals surface area contributed by atoms with Gasteiger partial charge in [0.15, 0.2) is 5.82 Å². The highest BCUT2D eigenvalue weighted by atomic mass is 19.1. The normalized spacial score (nSPS) is 9.89. The number of urea groups is 1. The molecule has 0 saturated carbocycles. The van der Waals surface area contributed by atoms with Gasteiger partial charge in [0.25, 0.3) is 0 Å². The fourth-order valence-corrected chi connectivity index (χ4v) is 1.47. The second kappa shape index (κ2) is 5.27. The molecule has 0 aliphatic rings. The summed E-state index contributed by atoms with van der Waals surface area (Å²) < 4.78 is 13.3. The Hall–Kier alpha value is -2.43. The van der Waals surface area contributed by atoms with Crippen LogP contribution < -0.4 is 10.6 Å². The first kappa shape index (κ1) is 12.0. The third-order valence-corrected chi connectivity index (χ3v) is 2.41. The highest BCUT2D eigenvalue weighted by molar-refractivity contribution is 6.00. The number of benzene rings is 1. The third kappa shape index (κ3) is 2.82. The van der Waals surface area contributed by atoms with E-state index in [0.717, 1.165) is 11.8 Å². The number of pyridine rings is 1. The van der Waals surface area contributed by atoms with Crippen LogP contribution in [0.15, 0.2) is 42.7 Å². The predicted molar refractivity (Wildman–Crippen MR) is 68.0 cm³/mol. The maximum absolute atomic E-state index is 13.3. The average Bonchev–Trinajstić information content (AvgIpc) is 2.35. The van der Waals surface area contributed by atoms with Crippen molar-refractivity contribution >= 4 is 17.4 Å². The van der Waals surface area contributed by atoms with Crippen molar-refractivity contribution in [2.75, 3.05) is 10.6 Å². The SMILES string of the molecule is Cc1ccccc1NC(=O)Nc1ccncc1F. The number of anilines is 2. The molecule has 92 valence electrons. The maximum atomic E-state index is 13.3. The van der Waals surface area contributed by atoms with Crippen LogP contribution in [0.2, 0.25) is 0 Å². The van der Waals surface area contributed by atoms with Crippen LogP contribution in [-0.4, -0.2) is 11.0 Å². The number of halogens is 1. The minimum Gasteiger partial charge on any atom is -0.307 e. The molecule has 2 amide bonds. The van der Waals surface area contributed by atoms with Crippen LogP contribution in [0, 0.1) is 12.7 Å². The molecule has 0 atom stereocenters. The molecule has 0 unspecified atom stereocenters. The van der Waals surface area contributed by atoms with Crippen molar-refractivity contribution in [2.45, 2.75) is 6.92 Å². The summed E-state index contributed by atoms with van der Waals surface area (Å²) in [7, 11) is 0. The second-order valence-corrected chi connectivity index (χ2v) is 3.75. The van der Waals surface area contributed by atoms with Gasteiger partial charge in [-0.3, -0.25) is 4.98 Å². The number of carbonyl (C=O) groups is 1. The quantitative estimate of drug-likeness (QED) is 0.853. The number of nitrogens with zero attached hydrogens (tertiary/aromatic N) is 1. The van der Waals surface area contributed by atoms with Crippen LogP contribution in [0.3, 0.4) is 0 Å². The van der Waals surface area contributed by atoms with Crippen LogP contribution in [0.4, 0.5) is 20.6 Å². The Morgan fingerprint density at radius 2 is 1.89 bits per heavy atom. The van der Waals surface area contributed by atoms with Crippen molar-refractivity contribution in [3.05, 3.63) is 54.1 Å². The van der Waals surface area contributed by atoms with Crippen molar-refractivity contribution in [3.8, 4) is 0 Å². The molecule has 1 aromatic heterocycles. The highest BCUT2D eigenvalue weighted by Crippen LogP contribution is 2.15. The van der Waals surface area contributed by atoms with Gasteiger partial charge in [-0.2, -0.15) is 0 Å². The molecule has 0 aliphatic carbocycles. The van der Waals surface area contributed by atoms with Crippen molar-refractivity contribution in [3.63, 3.8) is 0 Å². The summed E-state index contributed by atoms with van der Waals surface area (Å²) in [5.74, 6) is -0.572. The van der Waals surface area contributed by atoms with Crippen molar-refractivity contribution < 1.29 is 9.18 Å². The van der Waals surface area contributed by atoms with Gasteiger partial charge in [-0.15, -0.1) is 0 Å². The molecule has 1 aromatic carbocycles. The van der Waals surface area contributed by atoms with Gasteiger partial charge in [0.2, 0.25) is 0 Å². The van der Waals surface area contributed by atoms with Gasteiger partial charge < -0.3 is 10.6 Å². The van der Waals surface area contributed by atoms with E-state index in [2.05, 4.69) is 15.6 Å². The molecule has 0 spiro atoms. The van der Waals surface area contributed by atoms with Crippen LogP contribution in [0.25, 0.3) is 0 Å². The van der Waals surface area contributed by atoms with E-state index in [1.54, 1.807) is 6.07 Å². The van der Waals surface area contributed by atoms with Crippen LogP contribution >= 0.6 is 0 Å². The molecule has 0 radical (unpaired) electrons. The van der Waals surface area contributed by atoms with E-state index in [4.69, 9.17) is 0 Å². The van der Waals surface area contributed by atoms with Gasteiger partial charge in [-0.25, -0.2) is 9.18 Å². The zero-order valence-corrected chi connectivity index (χ0v) is 9.77. The molecule has 0 saturated heterocycles. The maximum Gasteiger partial charge on any atom is 0.323 e. The average molecular weight is 245 g/mol. The molecule has 0 bridgehead atoms. The van der Waals surface area contributed by atoms with Gasteiger partial charge in [0.05, 0.1) is 11.9 Å². The Morgan fingerprint density at radius 3 is 2.61 bits per heavy atom. The fraction of sp³-hybridized carbons (Fsp3) is 0.0769. The molecular weight excluding hydrogens is 233 g/mol. The Labute approximate surface area is 104 Å². The summed E-state index contributed by atoms with van der Waals surface area (Å²) in [6, 6.07) is 8.25. The van der Waals surface area contributed by atoms with Gasteiger partial charge >= 0.3 is 6.03 Å². The Bertz CT molecular complexity index is 522. The molecule has 4 nitrogen and oxygen atoms in total. The summed E-state index contributed by atoms with van der Waals surface area (Å²) in [5, 5.41) is 5.07. The van der Waals surface area contributed by atoms with E-state index in [1.807, 2.05) is 25.1 Å². The first-order valence-corrected chi connectivity index (χ1v) is 5.40. The molecule has 18 heavy (non-hydrogen) atoms. The second-order valence-electron chi connectivity index (χ2n) is 3.75. The zero-order chi connectivity index (χ0) is 13.0. The van der Waals surface area contributed by atoms with E-state index in [-0.39, 0.29) is 5.69 Å². The molecule has 2 N–H and O–H groups in total. The third-order valence-electron chi connectivity index (χ3n) is 2.41.